The van der Waals surface area contributed by atoms with Crippen molar-refractivity contribution in [3.05, 3.63) is 48.2 Å². The second-order valence-electron chi connectivity index (χ2n) is 4.08. The Balaban J connectivity index is 2.23. The molecule has 0 saturated carbocycles. The minimum absolute atomic E-state index is 0.749. The van der Waals surface area contributed by atoms with Crippen LogP contribution >= 0.6 is 0 Å². The summed E-state index contributed by atoms with van der Waals surface area (Å²) in [5.74, 6) is 0.837. The van der Waals surface area contributed by atoms with E-state index in [9.17, 15) is 0 Å². The molecule has 0 aliphatic heterocycles. The van der Waals surface area contributed by atoms with Crippen LogP contribution in [-0.4, -0.2) is 14.6 Å². The highest BCUT2D eigenvalue weighted by Crippen LogP contribution is 2.19. The van der Waals surface area contributed by atoms with Crippen LogP contribution in [0.15, 0.2) is 42.6 Å². The molecule has 0 radical (unpaired) electrons. The summed E-state index contributed by atoms with van der Waals surface area (Å²) in [6.45, 7) is 2.05. The Morgan fingerprint density at radius 3 is 2.53 bits per heavy atom. The standard InChI is InChI=1S/C13H12N4/c1-9-2-7-12-15-16-13(17(12)8-9)10-3-5-11(14)6-4-10/h2-8H,14H2,1H3. The number of aryl methyl sites for hydroxylation is 1. The van der Waals surface area contributed by atoms with Gasteiger partial charge in [-0.15, -0.1) is 10.2 Å². The fourth-order valence-corrected chi connectivity index (χ4v) is 1.83. The topological polar surface area (TPSA) is 56.2 Å². The average Bonchev–Trinajstić information content (AvgIpc) is 2.73. The van der Waals surface area contributed by atoms with Gasteiger partial charge in [-0.1, -0.05) is 6.07 Å². The Kier molecular flexibility index (Phi) is 2.08. The first-order chi connectivity index (χ1) is 8.24. The SMILES string of the molecule is Cc1ccc2nnc(-c3ccc(N)cc3)n2c1. The molecule has 1 aromatic carbocycles. The normalized spacial score (nSPS) is 10.9. The summed E-state index contributed by atoms with van der Waals surface area (Å²) in [5, 5.41) is 8.35. The molecule has 0 bridgehead atoms. The summed E-state index contributed by atoms with van der Waals surface area (Å²) >= 11 is 0. The number of nitrogen functional groups attached to an aromatic ring is 1. The van der Waals surface area contributed by atoms with E-state index >= 15 is 0 Å². The zero-order valence-corrected chi connectivity index (χ0v) is 9.46. The van der Waals surface area contributed by atoms with Crippen LogP contribution in [0.4, 0.5) is 5.69 Å². The molecule has 0 spiro atoms. The summed E-state index contributed by atoms with van der Waals surface area (Å²) < 4.78 is 1.99. The second-order valence-corrected chi connectivity index (χ2v) is 4.08. The van der Waals surface area contributed by atoms with Gasteiger partial charge in [-0.2, -0.15) is 0 Å². The van der Waals surface area contributed by atoms with Crippen LogP contribution in [-0.2, 0) is 0 Å². The lowest BCUT2D eigenvalue weighted by molar-refractivity contribution is 1.11. The lowest BCUT2D eigenvalue weighted by Crippen LogP contribution is -1.91. The third-order valence-corrected chi connectivity index (χ3v) is 2.72. The van der Waals surface area contributed by atoms with E-state index in [-0.39, 0.29) is 0 Å². The number of benzene rings is 1. The number of fused-ring (bicyclic) bond motifs is 1. The van der Waals surface area contributed by atoms with Crippen LogP contribution in [0.5, 0.6) is 0 Å². The Labute approximate surface area is 98.7 Å². The fraction of sp³-hybridized carbons (Fsp3) is 0.0769. The van der Waals surface area contributed by atoms with Gasteiger partial charge < -0.3 is 5.73 Å². The molecule has 0 saturated heterocycles. The van der Waals surface area contributed by atoms with Gasteiger partial charge in [0.2, 0.25) is 0 Å². The summed E-state index contributed by atoms with van der Waals surface area (Å²) in [6, 6.07) is 11.6. The smallest absolute Gasteiger partial charge is 0.168 e. The van der Waals surface area contributed by atoms with Crippen molar-refractivity contribution < 1.29 is 0 Å². The molecule has 0 atom stereocenters. The molecular formula is C13H12N4. The maximum Gasteiger partial charge on any atom is 0.168 e. The van der Waals surface area contributed by atoms with Crippen molar-refractivity contribution in [3.63, 3.8) is 0 Å². The van der Waals surface area contributed by atoms with E-state index in [1.807, 2.05) is 53.9 Å². The highest BCUT2D eigenvalue weighted by Gasteiger charge is 2.07. The number of pyridine rings is 1. The lowest BCUT2D eigenvalue weighted by Gasteiger charge is -2.01. The van der Waals surface area contributed by atoms with Gasteiger partial charge in [0.25, 0.3) is 0 Å². The Morgan fingerprint density at radius 1 is 1.00 bits per heavy atom. The van der Waals surface area contributed by atoms with Gasteiger partial charge in [0.15, 0.2) is 11.5 Å². The number of nitrogens with zero attached hydrogens (tertiary/aromatic N) is 3. The molecule has 2 N–H and O–H groups in total. The van der Waals surface area contributed by atoms with Gasteiger partial charge in [-0.25, -0.2) is 0 Å². The van der Waals surface area contributed by atoms with Gasteiger partial charge >= 0.3 is 0 Å². The number of aromatic nitrogens is 3. The van der Waals surface area contributed by atoms with Crippen molar-refractivity contribution >= 4 is 11.3 Å². The van der Waals surface area contributed by atoms with Crippen LogP contribution in [0.25, 0.3) is 17.0 Å². The molecule has 84 valence electrons. The predicted octanol–water partition coefficient (Wildman–Crippen LogP) is 2.29. The summed E-state index contributed by atoms with van der Waals surface area (Å²) in [4.78, 5) is 0. The molecule has 3 aromatic rings. The second kappa shape index (κ2) is 3.59. The van der Waals surface area contributed by atoms with Crippen molar-refractivity contribution in [1.82, 2.24) is 14.6 Å². The number of hydrogen-bond donors (Lipinski definition) is 1. The summed E-state index contributed by atoms with van der Waals surface area (Å²) in [7, 11) is 0. The maximum absolute atomic E-state index is 5.67. The number of rotatable bonds is 1. The fourth-order valence-electron chi connectivity index (χ4n) is 1.83. The predicted molar refractivity (Wildman–Crippen MR) is 67.6 cm³/mol. The van der Waals surface area contributed by atoms with Crippen molar-refractivity contribution in [1.29, 1.82) is 0 Å². The van der Waals surface area contributed by atoms with E-state index < -0.39 is 0 Å². The Morgan fingerprint density at radius 2 is 1.76 bits per heavy atom. The molecule has 0 aliphatic rings. The molecule has 2 heterocycles. The van der Waals surface area contributed by atoms with Crippen molar-refractivity contribution in [2.75, 3.05) is 5.73 Å². The summed E-state index contributed by atoms with van der Waals surface area (Å²) in [6.07, 6.45) is 2.03. The monoisotopic (exact) mass is 224 g/mol. The van der Waals surface area contributed by atoms with Crippen LogP contribution < -0.4 is 5.73 Å². The Hall–Kier alpha value is -2.36. The molecule has 0 aliphatic carbocycles. The van der Waals surface area contributed by atoms with Gasteiger partial charge in [0, 0.05) is 17.4 Å². The van der Waals surface area contributed by atoms with Crippen LogP contribution in [0.1, 0.15) is 5.56 Å². The number of anilines is 1. The number of nitrogens with two attached hydrogens (primary N) is 1. The molecule has 4 heteroatoms. The van der Waals surface area contributed by atoms with Crippen LogP contribution in [0, 0.1) is 6.92 Å². The van der Waals surface area contributed by atoms with Gasteiger partial charge in [-0.3, -0.25) is 4.40 Å². The molecular weight excluding hydrogens is 212 g/mol. The van der Waals surface area contributed by atoms with Gasteiger partial charge in [-0.05, 0) is 42.8 Å². The highest BCUT2D eigenvalue weighted by atomic mass is 15.2. The quantitative estimate of drug-likeness (QED) is 0.645. The first-order valence-electron chi connectivity index (χ1n) is 5.41. The zero-order chi connectivity index (χ0) is 11.8. The van der Waals surface area contributed by atoms with E-state index in [0.29, 0.717) is 0 Å². The van der Waals surface area contributed by atoms with Gasteiger partial charge in [0.1, 0.15) is 0 Å². The minimum atomic E-state index is 0.749. The molecule has 0 amide bonds. The third kappa shape index (κ3) is 1.63. The first kappa shape index (κ1) is 9.84. The molecule has 0 fully saturated rings. The Bertz CT molecular complexity index is 667. The molecule has 2 aromatic heterocycles. The van der Waals surface area contributed by atoms with Crippen molar-refractivity contribution in [2.24, 2.45) is 0 Å². The summed E-state index contributed by atoms with van der Waals surface area (Å²) in [5.41, 5.74) is 9.46. The molecule has 17 heavy (non-hydrogen) atoms. The highest BCUT2D eigenvalue weighted by molar-refractivity contribution is 5.62. The molecule has 3 rings (SSSR count). The maximum atomic E-state index is 5.67. The molecule has 4 nitrogen and oxygen atoms in total. The number of hydrogen-bond acceptors (Lipinski definition) is 3. The van der Waals surface area contributed by atoms with E-state index in [0.717, 1.165) is 22.7 Å². The largest absolute Gasteiger partial charge is 0.399 e. The van der Waals surface area contributed by atoms with E-state index in [1.54, 1.807) is 0 Å². The minimum Gasteiger partial charge on any atom is -0.399 e. The van der Waals surface area contributed by atoms with Crippen LogP contribution in [0.3, 0.4) is 0 Å². The van der Waals surface area contributed by atoms with Crippen LogP contribution in [0.2, 0.25) is 0 Å². The van der Waals surface area contributed by atoms with E-state index in [1.165, 1.54) is 5.56 Å². The average molecular weight is 224 g/mol. The van der Waals surface area contributed by atoms with Crippen molar-refractivity contribution in [2.45, 2.75) is 6.92 Å². The van der Waals surface area contributed by atoms with E-state index in [2.05, 4.69) is 10.2 Å². The lowest BCUT2D eigenvalue weighted by atomic mass is 10.2. The zero-order valence-electron chi connectivity index (χ0n) is 9.46. The van der Waals surface area contributed by atoms with Gasteiger partial charge in [0.05, 0.1) is 0 Å². The molecule has 0 unspecified atom stereocenters. The van der Waals surface area contributed by atoms with E-state index in [4.69, 9.17) is 5.73 Å². The van der Waals surface area contributed by atoms with Crippen molar-refractivity contribution in [3.8, 4) is 11.4 Å². The first-order valence-corrected chi connectivity index (χ1v) is 5.41. The third-order valence-electron chi connectivity index (χ3n) is 2.72.